The van der Waals surface area contributed by atoms with Crippen LogP contribution < -0.4 is 0 Å². The molecule has 0 bridgehead atoms. The Morgan fingerprint density at radius 1 is 1.69 bits per heavy atom. The van der Waals surface area contributed by atoms with Crippen LogP contribution in [0.3, 0.4) is 0 Å². The molecule has 72 valence electrons. The minimum absolute atomic E-state index is 0.311. The van der Waals surface area contributed by atoms with Crippen LogP contribution >= 0.6 is 15.9 Å². The molecule has 0 aliphatic carbocycles. The van der Waals surface area contributed by atoms with Crippen LogP contribution in [0.5, 0.6) is 0 Å². The van der Waals surface area contributed by atoms with Gasteiger partial charge in [-0.25, -0.2) is 4.79 Å². The maximum atomic E-state index is 11.1. The largest absolute Gasteiger partial charge is 0.464 e. The third-order valence-electron chi connectivity index (χ3n) is 1.65. The van der Waals surface area contributed by atoms with Gasteiger partial charge in [-0.2, -0.15) is 5.10 Å². The van der Waals surface area contributed by atoms with Crippen LogP contribution in [0.15, 0.2) is 4.47 Å². The SMILES string of the molecule is CCCc1[nH]nc(C(=O)OC)c1Br. The molecule has 0 aliphatic heterocycles. The first-order valence-corrected chi connectivity index (χ1v) is 4.81. The Labute approximate surface area is 84.8 Å². The summed E-state index contributed by atoms with van der Waals surface area (Å²) in [6.07, 6.45) is 1.87. The maximum absolute atomic E-state index is 11.1. The Morgan fingerprint density at radius 3 is 2.92 bits per heavy atom. The molecule has 0 amide bonds. The van der Waals surface area contributed by atoms with E-state index in [4.69, 9.17) is 0 Å². The average molecular weight is 247 g/mol. The summed E-state index contributed by atoms with van der Waals surface area (Å²) in [7, 11) is 1.34. The van der Waals surface area contributed by atoms with E-state index in [2.05, 4.69) is 37.8 Å². The summed E-state index contributed by atoms with van der Waals surface area (Å²) in [5.74, 6) is -0.425. The average Bonchev–Trinajstić information content (AvgIpc) is 2.48. The predicted octanol–water partition coefficient (Wildman–Crippen LogP) is 1.91. The summed E-state index contributed by atoms with van der Waals surface area (Å²) < 4.78 is 5.27. The number of aromatic nitrogens is 2. The minimum atomic E-state index is -0.425. The number of rotatable bonds is 3. The highest BCUT2D eigenvalue weighted by Gasteiger charge is 2.16. The second-order valence-corrected chi connectivity index (χ2v) is 3.40. The summed E-state index contributed by atoms with van der Waals surface area (Å²) >= 11 is 3.30. The van der Waals surface area contributed by atoms with Gasteiger partial charge in [0.2, 0.25) is 0 Å². The molecule has 1 aromatic rings. The number of hydrogen-bond acceptors (Lipinski definition) is 3. The van der Waals surface area contributed by atoms with E-state index in [9.17, 15) is 4.79 Å². The fourth-order valence-electron chi connectivity index (χ4n) is 1.01. The summed E-state index contributed by atoms with van der Waals surface area (Å²) in [5, 5.41) is 6.65. The van der Waals surface area contributed by atoms with Crippen molar-refractivity contribution in [1.29, 1.82) is 0 Å². The first kappa shape index (κ1) is 10.2. The van der Waals surface area contributed by atoms with Gasteiger partial charge in [0.1, 0.15) is 0 Å². The zero-order valence-electron chi connectivity index (χ0n) is 7.56. The molecular weight excluding hydrogens is 236 g/mol. The van der Waals surface area contributed by atoms with E-state index in [1.165, 1.54) is 7.11 Å². The monoisotopic (exact) mass is 246 g/mol. The van der Waals surface area contributed by atoms with Crippen LogP contribution in [-0.2, 0) is 11.2 Å². The number of ether oxygens (including phenoxy) is 1. The highest BCUT2D eigenvalue weighted by Crippen LogP contribution is 2.20. The number of carbonyl (C=O) groups is 1. The molecule has 13 heavy (non-hydrogen) atoms. The van der Waals surface area contributed by atoms with Crippen molar-refractivity contribution in [2.45, 2.75) is 19.8 Å². The third-order valence-corrected chi connectivity index (χ3v) is 2.51. The predicted molar refractivity (Wildman–Crippen MR) is 51.6 cm³/mol. The van der Waals surface area contributed by atoms with Crippen LogP contribution in [0.25, 0.3) is 0 Å². The number of hydrogen-bond donors (Lipinski definition) is 1. The van der Waals surface area contributed by atoms with Crippen LogP contribution in [0.2, 0.25) is 0 Å². The van der Waals surface area contributed by atoms with Crippen molar-refractivity contribution in [2.75, 3.05) is 7.11 Å². The van der Waals surface area contributed by atoms with Crippen molar-refractivity contribution in [3.8, 4) is 0 Å². The first-order valence-electron chi connectivity index (χ1n) is 4.01. The van der Waals surface area contributed by atoms with Gasteiger partial charge < -0.3 is 4.74 Å². The van der Waals surface area contributed by atoms with Crippen LogP contribution in [0, 0.1) is 0 Å². The summed E-state index contributed by atoms with van der Waals surface area (Å²) in [6.45, 7) is 2.06. The highest BCUT2D eigenvalue weighted by atomic mass is 79.9. The minimum Gasteiger partial charge on any atom is -0.464 e. The first-order chi connectivity index (χ1) is 6.20. The number of halogens is 1. The maximum Gasteiger partial charge on any atom is 0.359 e. The molecule has 0 saturated heterocycles. The second kappa shape index (κ2) is 4.41. The van der Waals surface area contributed by atoms with E-state index in [1.807, 2.05) is 0 Å². The Morgan fingerprint density at radius 2 is 2.38 bits per heavy atom. The molecule has 1 heterocycles. The zero-order valence-corrected chi connectivity index (χ0v) is 9.14. The molecule has 0 fully saturated rings. The highest BCUT2D eigenvalue weighted by molar-refractivity contribution is 9.10. The molecule has 0 aliphatic rings. The van der Waals surface area contributed by atoms with Gasteiger partial charge >= 0.3 is 5.97 Å². The van der Waals surface area contributed by atoms with Crippen molar-refractivity contribution in [3.05, 3.63) is 15.9 Å². The molecule has 0 unspecified atom stereocenters. The Hall–Kier alpha value is -0.840. The molecule has 1 aromatic heterocycles. The van der Waals surface area contributed by atoms with Crippen molar-refractivity contribution in [2.24, 2.45) is 0 Å². The van der Waals surface area contributed by atoms with Crippen molar-refractivity contribution in [3.63, 3.8) is 0 Å². The van der Waals surface area contributed by atoms with Crippen LogP contribution in [0.1, 0.15) is 29.5 Å². The molecule has 0 aromatic carbocycles. The molecular formula is C8H11BrN2O2. The lowest BCUT2D eigenvalue weighted by atomic mass is 10.2. The summed E-state index contributed by atoms with van der Waals surface area (Å²) in [5.41, 5.74) is 1.24. The standard InChI is InChI=1S/C8H11BrN2O2/c1-3-4-5-6(9)7(11-10-5)8(12)13-2/h3-4H2,1-2H3,(H,10,11). The van der Waals surface area contributed by atoms with E-state index < -0.39 is 5.97 Å². The lowest BCUT2D eigenvalue weighted by Gasteiger charge is -1.95. The van der Waals surface area contributed by atoms with E-state index in [1.54, 1.807) is 0 Å². The quantitative estimate of drug-likeness (QED) is 0.830. The Balaban J connectivity index is 2.92. The van der Waals surface area contributed by atoms with Gasteiger partial charge in [-0.3, -0.25) is 5.10 Å². The third kappa shape index (κ3) is 2.09. The van der Waals surface area contributed by atoms with Crippen molar-refractivity contribution < 1.29 is 9.53 Å². The molecule has 1 rings (SSSR count). The van der Waals surface area contributed by atoms with E-state index >= 15 is 0 Å². The fraction of sp³-hybridized carbons (Fsp3) is 0.500. The second-order valence-electron chi connectivity index (χ2n) is 2.61. The van der Waals surface area contributed by atoms with Gasteiger partial charge in [0.05, 0.1) is 17.3 Å². The Kier molecular flexibility index (Phi) is 3.48. The van der Waals surface area contributed by atoms with E-state index in [-0.39, 0.29) is 0 Å². The van der Waals surface area contributed by atoms with Gasteiger partial charge in [-0.05, 0) is 22.4 Å². The lowest BCUT2D eigenvalue weighted by Crippen LogP contribution is -2.02. The number of aromatic amines is 1. The van der Waals surface area contributed by atoms with Crippen LogP contribution in [0.4, 0.5) is 0 Å². The van der Waals surface area contributed by atoms with Crippen molar-refractivity contribution in [1.82, 2.24) is 10.2 Å². The molecule has 5 heteroatoms. The van der Waals surface area contributed by atoms with Gasteiger partial charge in [-0.1, -0.05) is 13.3 Å². The number of esters is 1. The van der Waals surface area contributed by atoms with Gasteiger partial charge in [0, 0.05) is 0 Å². The normalized spacial score (nSPS) is 10.1. The number of aryl methyl sites for hydroxylation is 1. The van der Waals surface area contributed by atoms with E-state index in [0.717, 1.165) is 18.5 Å². The van der Waals surface area contributed by atoms with Gasteiger partial charge in [-0.15, -0.1) is 0 Å². The van der Waals surface area contributed by atoms with Gasteiger partial charge in [0.15, 0.2) is 5.69 Å². The number of nitrogens with zero attached hydrogens (tertiary/aromatic N) is 1. The molecule has 0 radical (unpaired) electrons. The summed E-state index contributed by atoms with van der Waals surface area (Å²) in [4.78, 5) is 11.1. The number of methoxy groups -OCH3 is 1. The van der Waals surface area contributed by atoms with Gasteiger partial charge in [0.25, 0.3) is 0 Å². The van der Waals surface area contributed by atoms with E-state index in [0.29, 0.717) is 10.2 Å². The molecule has 4 nitrogen and oxygen atoms in total. The topological polar surface area (TPSA) is 55.0 Å². The fourth-order valence-corrected chi connectivity index (χ4v) is 1.55. The molecule has 1 N–H and O–H groups in total. The molecule has 0 saturated carbocycles. The number of H-pyrrole nitrogens is 1. The Bertz CT molecular complexity index is 309. The zero-order chi connectivity index (χ0) is 9.84. The number of carbonyl (C=O) groups excluding carboxylic acids is 1. The smallest absolute Gasteiger partial charge is 0.359 e. The van der Waals surface area contributed by atoms with Crippen LogP contribution in [-0.4, -0.2) is 23.3 Å². The lowest BCUT2D eigenvalue weighted by molar-refractivity contribution is 0.0593. The van der Waals surface area contributed by atoms with Crippen molar-refractivity contribution >= 4 is 21.9 Å². The molecule has 0 atom stereocenters. The number of nitrogens with one attached hydrogen (secondary N) is 1. The molecule has 0 spiro atoms. The summed E-state index contributed by atoms with van der Waals surface area (Å²) in [6, 6.07) is 0.